The lowest BCUT2D eigenvalue weighted by atomic mass is 9.84. The van der Waals surface area contributed by atoms with Crippen molar-refractivity contribution in [1.82, 2.24) is 24.9 Å². The van der Waals surface area contributed by atoms with Gasteiger partial charge in [-0.2, -0.15) is 13.8 Å². The average Bonchev–Trinajstić information content (AvgIpc) is 3.41. The maximum Gasteiger partial charge on any atom is 0.356 e. The minimum atomic E-state index is -1.26. The zero-order chi connectivity index (χ0) is 22.6. The largest absolute Gasteiger partial charge is 0.476 e. The van der Waals surface area contributed by atoms with Crippen LogP contribution in [0, 0.1) is 11.9 Å². The molecule has 0 bridgehead atoms. The number of aromatic carboxylic acids is 1. The van der Waals surface area contributed by atoms with Crippen molar-refractivity contribution >= 4 is 28.2 Å². The van der Waals surface area contributed by atoms with Crippen LogP contribution in [0.25, 0.3) is 33.5 Å². The summed E-state index contributed by atoms with van der Waals surface area (Å²) in [5, 5.41) is 9.56. The van der Waals surface area contributed by atoms with E-state index in [1.54, 1.807) is 26.0 Å². The minimum absolute atomic E-state index is 0.0622. The van der Waals surface area contributed by atoms with Crippen molar-refractivity contribution in [3.63, 3.8) is 0 Å². The van der Waals surface area contributed by atoms with Crippen LogP contribution in [0.1, 0.15) is 35.7 Å². The molecule has 0 aromatic carbocycles. The lowest BCUT2D eigenvalue weighted by molar-refractivity contribution is 0.0692. The van der Waals surface area contributed by atoms with Gasteiger partial charge in [-0.15, -0.1) is 0 Å². The molecule has 1 N–H and O–H groups in total. The number of hydrogen-bond donors (Lipinski definition) is 1. The molecule has 0 aliphatic rings. The zero-order valence-corrected chi connectivity index (χ0v) is 16.6. The normalized spacial score (nSPS) is 12.0. The van der Waals surface area contributed by atoms with Crippen molar-refractivity contribution in [2.75, 3.05) is 0 Å². The number of halogens is 2. The van der Waals surface area contributed by atoms with Gasteiger partial charge in [-0.05, 0) is 26.0 Å². The van der Waals surface area contributed by atoms with Gasteiger partial charge in [0.05, 0.1) is 17.0 Å². The summed E-state index contributed by atoms with van der Waals surface area (Å²) in [7, 11) is 0. The predicted octanol–water partition coefficient (Wildman–Crippen LogP) is 4.12. The first-order chi connectivity index (χ1) is 15.3. The van der Waals surface area contributed by atoms with Crippen LogP contribution in [0.15, 0.2) is 45.9 Å². The van der Waals surface area contributed by atoms with Crippen molar-refractivity contribution in [3.05, 3.63) is 66.0 Å². The van der Waals surface area contributed by atoms with E-state index in [1.807, 2.05) is 0 Å². The zero-order valence-electron chi connectivity index (χ0n) is 16.6. The molecule has 11 heteroatoms. The molecule has 0 fully saturated rings. The Balaban J connectivity index is 1.74. The topological polar surface area (TPSA) is 128 Å². The van der Waals surface area contributed by atoms with E-state index in [-0.39, 0.29) is 33.6 Å². The molecule has 0 spiro atoms. The number of rotatable bonds is 4. The fourth-order valence-electron chi connectivity index (χ4n) is 3.43. The third-order valence-electron chi connectivity index (χ3n) is 5.19. The summed E-state index contributed by atoms with van der Waals surface area (Å²) >= 11 is 0. The van der Waals surface area contributed by atoms with Crippen molar-refractivity contribution < 1.29 is 27.5 Å². The number of oxazole rings is 2. The van der Waals surface area contributed by atoms with Crippen LogP contribution in [0.4, 0.5) is 8.78 Å². The van der Waals surface area contributed by atoms with Crippen LogP contribution in [-0.2, 0) is 5.41 Å². The number of aromatic nitrogens is 5. The molecule has 5 rings (SSSR count). The van der Waals surface area contributed by atoms with Gasteiger partial charge < -0.3 is 13.9 Å². The van der Waals surface area contributed by atoms with Crippen molar-refractivity contribution in [2.45, 2.75) is 19.3 Å². The Morgan fingerprint density at radius 1 is 0.938 bits per heavy atom. The monoisotopic (exact) mass is 437 g/mol. The van der Waals surface area contributed by atoms with Gasteiger partial charge in [-0.1, -0.05) is 0 Å². The van der Waals surface area contributed by atoms with Crippen LogP contribution < -0.4 is 0 Å². The van der Waals surface area contributed by atoms with Crippen LogP contribution in [-0.4, -0.2) is 36.0 Å². The standard InChI is InChI=1S/C21H13F2N5O4/c1-21(2,13-6-11-17(25-8-32-11)18(27-13)20(29)30)12-5-10-16(24-7-31-10)15(26-12)9-3-4-14(22)28-19(9)23/h3-8H,1-2H3,(H,29,30). The molecule has 0 saturated carbocycles. The van der Waals surface area contributed by atoms with Crippen LogP contribution >= 0.6 is 0 Å². The Kier molecular flexibility index (Phi) is 4.22. The summed E-state index contributed by atoms with van der Waals surface area (Å²) in [5.41, 5.74) is 0.432. The van der Waals surface area contributed by atoms with E-state index >= 15 is 0 Å². The fraction of sp³-hybridized carbons (Fsp3) is 0.143. The second-order valence-corrected chi connectivity index (χ2v) is 7.51. The van der Waals surface area contributed by atoms with E-state index < -0.39 is 23.3 Å². The maximum atomic E-state index is 14.5. The third kappa shape index (κ3) is 2.97. The average molecular weight is 437 g/mol. The summed E-state index contributed by atoms with van der Waals surface area (Å²) < 4.78 is 38.5. The molecule has 9 nitrogen and oxygen atoms in total. The molecule has 0 saturated heterocycles. The van der Waals surface area contributed by atoms with Gasteiger partial charge in [-0.3, -0.25) is 0 Å². The smallest absolute Gasteiger partial charge is 0.356 e. The van der Waals surface area contributed by atoms with Crippen molar-refractivity contribution in [2.24, 2.45) is 0 Å². The highest BCUT2D eigenvalue weighted by atomic mass is 19.1. The highest BCUT2D eigenvalue weighted by molar-refractivity contribution is 5.98. The van der Waals surface area contributed by atoms with Crippen LogP contribution in [0.2, 0.25) is 0 Å². The lowest BCUT2D eigenvalue weighted by Gasteiger charge is -2.24. The van der Waals surface area contributed by atoms with E-state index in [4.69, 9.17) is 8.83 Å². The fourth-order valence-corrected chi connectivity index (χ4v) is 3.43. The number of carboxylic acids is 1. The number of hydrogen-bond acceptors (Lipinski definition) is 8. The van der Waals surface area contributed by atoms with Crippen LogP contribution in [0.5, 0.6) is 0 Å². The number of pyridine rings is 3. The summed E-state index contributed by atoms with van der Waals surface area (Å²) in [6.45, 7) is 3.52. The van der Waals surface area contributed by atoms with Gasteiger partial charge in [0.2, 0.25) is 11.9 Å². The Hall–Kier alpha value is -4.28. The Bertz CT molecular complexity index is 1530. The summed E-state index contributed by atoms with van der Waals surface area (Å²) in [5.74, 6) is -3.28. The molecule has 0 radical (unpaired) electrons. The quantitative estimate of drug-likeness (QED) is 0.413. The van der Waals surface area contributed by atoms with E-state index in [0.29, 0.717) is 17.0 Å². The third-order valence-corrected chi connectivity index (χ3v) is 5.19. The minimum Gasteiger partial charge on any atom is -0.476 e. The van der Waals surface area contributed by atoms with Gasteiger partial charge >= 0.3 is 5.97 Å². The van der Waals surface area contributed by atoms with E-state index in [2.05, 4.69) is 24.9 Å². The lowest BCUT2D eigenvalue weighted by Crippen LogP contribution is -2.24. The van der Waals surface area contributed by atoms with E-state index in [0.717, 1.165) is 12.5 Å². The molecule has 5 aromatic rings. The SMILES string of the molecule is CC(C)(c1cc2ocnc2c(C(=O)O)n1)c1cc2ocnc2c(-c2ccc(F)nc2F)n1. The molecule has 0 amide bonds. The highest BCUT2D eigenvalue weighted by Crippen LogP contribution is 2.36. The molecule has 0 aliphatic heterocycles. The highest BCUT2D eigenvalue weighted by Gasteiger charge is 2.31. The number of carboxylic acid groups (broad SMARTS) is 1. The molecule has 0 aliphatic carbocycles. The van der Waals surface area contributed by atoms with Crippen molar-refractivity contribution in [3.8, 4) is 11.3 Å². The molecular weight excluding hydrogens is 424 g/mol. The molecule has 0 atom stereocenters. The van der Waals surface area contributed by atoms with Crippen molar-refractivity contribution in [1.29, 1.82) is 0 Å². The second kappa shape index (κ2) is 6.87. The molecule has 32 heavy (non-hydrogen) atoms. The molecule has 5 heterocycles. The first-order valence-electron chi connectivity index (χ1n) is 9.31. The molecule has 0 unspecified atom stereocenters. The predicted molar refractivity (Wildman–Crippen MR) is 106 cm³/mol. The van der Waals surface area contributed by atoms with Crippen LogP contribution in [0.3, 0.4) is 0 Å². The molecule has 5 aromatic heterocycles. The summed E-state index contributed by atoms with van der Waals surface area (Å²) in [6, 6.07) is 5.41. The van der Waals surface area contributed by atoms with E-state index in [9.17, 15) is 18.7 Å². The molecule has 160 valence electrons. The van der Waals surface area contributed by atoms with Gasteiger partial charge in [0.15, 0.2) is 29.6 Å². The van der Waals surface area contributed by atoms with Gasteiger partial charge in [0.1, 0.15) is 16.7 Å². The van der Waals surface area contributed by atoms with E-state index in [1.165, 1.54) is 12.5 Å². The number of nitrogens with zero attached hydrogens (tertiary/aromatic N) is 5. The second-order valence-electron chi connectivity index (χ2n) is 7.51. The number of fused-ring (bicyclic) bond motifs is 2. The van der Waals surface area contributed by atoms with Gasteiger partial charge in [-0.25, -0.2) is 24.7 Å². The number of carbonyl (C=O) groups is 1. The Morgan fingerprint density at radius 2 is 1.56 bits per heavy atom. The molecular formula is C21H13F2N5O4. The Morgan fingerprint density at radius 3 is 2.22 bits per heavy atom. The first kappa shape index (κ1) is 19.7. The summed E-state index contributed by atoms with van der Waals surface area (Å²) in [4.78, 5) is 31.8. The summed E-state index contributed by atoms with van der Waals surface area (Å²) in [6.07, 6.45) is 2.32. The maximum absolute atomic E-state index is 14.5. The first-order valence-corrected chi connectivity index (χ1v) is 9.31. The van der Waals surface area contributed by atoms with Gasteiger partial charge in [0, 0.05) is 17.5 Å². The van der Waals surface area contributed by atoms with Gasteiger partial charge in [0.25, 0.3) is 0 Å². The Labute approximate surface area is 177 Å².